The van der Waals surface area contributed by atoms with Crippen LogP contribution in [0.4, 0.5) is 5.69 Å². The number of hydrogen-bond acceptors (Lipinski definition) is 6. The summed E-state index contributed by atoms with van der Waals surface area (Å²) in [4.78, 5) is 12.9. The van der Waals surface area contributed by atoms with Crippen LogP contribution < -0.4 is 14.9 Å². The Morgan fingerprint density at radius 2 is 1.41 bits per heavy atom. The summed E-state index contributed by atoms with van der Waals surface area (Å²) in [6, 6.07) is 9.85. The van der Waals surface area contributed by atoms with Crippen molar-refractivity contribution in [3.63, 3.8) is 0 Å². The standard InChI is InChI=1S/C15H17N3.C15H24O3.Ni/c1-3-12-7-5-8-13(4-2)15(12)18-11-14-16-9-6-10-17-14;1-14(2,3)9-8-10(18-7)11(15(4,5)6)13(17)12(9)16;/h5-11H,3-4H2,1-2H3;8,16-17H,1-7H3;/q;;+2/p-2. The SMILES string of the molecule is CCc1cccc(CC)c1N=Cc1ncccn1.COc1cc(C(C)(C)C)c([O-])c([O-])c1C(C)(C)C.[Ni+2]. The molecule has 0 radical (unpaired) electrons. The van der Waals surface area contributed by atoms with Gasteiger partial charge < -0.3 is 14.9 Å². The molecule has 0 bridgehead atoms. The molecule has 0 amide bonds. The molecule has 1 aromatic heterocycles. The minimum absolute atomic E-state index is 0. The van der Waals surface area contributed by atoms with E-state index in [9.17, 15) is 10.2 Å². The predicted octanol–water partition coefficient (Wildman–Crippen LogP) is 5.79. The zero-order valence-corrected chi connectivity index (χ0v) is 24.4. The zero-order valence-electron chi connectivity index (χ0n) is 23.4. The predicted molar refractivity (Wildman–Crippen MR) is 144 cm³/mol. The third-order valence-corrected chi connectivity index (χ3v) is 5.84. The van der Waals surface area contributed by atoms with Gasteiger partial charge in [0.15, 0.2) is 5.82 Å². The van der Waals surface area contributed by atoms with Gasteiger partial charge in [0, 0.05) is 12.4 Å². The number of hydrogen-bond donors (Lipinski definition) is 0. The Balaban J connectivity index is 0.000000360. The first kappa shape index (κ1) is 32.1. The number of ether oxygens (including phenoxy) is 1. The number of methoxy groups -OCH3 is 1. The number of nitrogens with zero attached hydrogens (tertiary/aromatic N) is 3. The molecule has 0 aliphatic rings. The second-order valence-corrected chi connectivity index (χ2v) is 10.7. The molecule has 0 spiro atoms. The van der Waals surface area contributed by atoms with E-state index in [0.717, 1.165) is 18.5 Å². The van der Waals surface area contributed by atoms with Crippen LogP contribution >= 0.6 is 0 Å². The molecule has 37 heavy (non-hydrogen) atoms. The van der Waals surface area contributed by atoms with Crippen LogP contribution in [0.5, 0.6) is 17.2 Å². The van der Waals surface area contributed by atoms with Gasteiger partial charge in [-0.05, 0) is 58.1 Å². The molecule has 0 atom stereocenters. The minimum atomic E-state index is -0.438. The fourth-order valence-corrected chi connectivity index (χ4v) is 3.93. The van der Waals surface area contributed by atoms with E-state index >= 15 is 0 Å². The first-order valence-corrected chi connectivity index (χ1v) is 12.4. The van der Waals surface area contributed by atoms with Gasteiger partial charge in [0.1, 0.15) is 5.75 Å². The number of para-hydroxylation sites is 1. The largest absolute Gasteiger partial charge is 2.00 e. The van der Waals surface area contributed by atoms with Gasteiger partial charge in [-0.15, -0.1) is 11.5 Å². The molecule has 2 aromatic carbocycles. The van der Waals surface area contributed by atoms with E-state index < -0.39 is 16.9 Å². The molecule has 202 valence electrons. The Morgan fingerprint density at radius 1 is 0.865 bits per heavy atom. The topological polar surface area (TPSA) is 93.5 Å². The number of rotatable bonds is 5. The van der Waals surface area contributed by atoms with E-state index in [0.29, 0.717) is 22.7 Å². The maximum Gasteiger partial charge on any atom is 2.00 e. The average Bonchev–Trinajstić information content (AvgIpc) is 2.83. The molecule has 0 aliphatic carbocycles. The van der Waals surface area contributed by atoms with Crippen molar-refractivity contribution >= 4 is 11.9 Å². The van der Waals surface area contributed by atoms with Gasteiger partial charge in [-0.2, -0.15) is 0 Å². The molecule has 0 aliphatic heterocycles. The van der Waals surface area contributed by atoms with E-state index in [1.54, 1.807) is 30.7 Å². The quantitative estimate of drug-likeness (QED) is 0.298. The van der Waals surface area contributed by atoms with Gasteiger partial charge in [0.05, 0.1) is 19.0 Å². The third-order valence-electron chi connectivity index (χ3n) is 5.84. The van der Waals surface area contributed by atoms with E-state index in [1.807, 2.05) is 41.5 Å². The number of aliphatic imine (C=N–C) groups is 1. The molecule has 0 unspecified atom stereocenters. The van der Waals surface area contributed by atoms with Gasteiger partial charge in [0.25, 0.3) is 0 Å². The van der Waals surface area contributed by atoms with Gasteiger partial charge in [-0.1, -0.05) is 73.6 Å². The summed E-state index contributed by atoms with van der Waals surface area (Å²) in [5.74, 6) is 0.308. The maximum atomic E-state index is 12.3. The van der Waals surface area contributed by atoms with Gasteiger partial charge in [-0.25, -0.2) is 9.97 Å². The monoisotopic (exact) mass is 547 g/mol. The maximum absolute atomic E-state index is 12.3. The second-order valence-electron chi connectivity index (χ2n) is 10.7. The summed E-state index contributed by atoms with van der Waals surface area (Å²) in [6.07, 6.45) is 7.14. The second kappa shape index (κ2) is 13.6. The van der Waals surface area contributed by atoms with Crippen LogP contribution in [0.1, 0.15) is 83.5 Å². The van der Waals surface area contributed by atoms with Crippen LogP contribution in [0.2, 0.25) is 0 Å². The number of aryl methyl sites for hydroxylation is 2. The molecule has 0 saturated carbocycles. The summed E-state index contributed by atoms with van der Waals surface area (Å²) in [7, 11) is 1.53. The summed E-state index contributed by atoms with van der Waals surface area (Å²) in [5, 5.41) is 24.5. The van der Waals surface area contributed by atoms with Crippen molar-refractivity contribution in [3.8, 4) is 17.2 Å². The van der Waals surface area contributed by atoms with E-state index in [1.165, 1.54) is 18.2 Å². The van der Waals surface area contributed by atoms with Crippen LogP contribution in [-0.4, -0.2) is 23.3 Å². The molecule has 3 rings (SSSR count). The molecule has 3 aromatic rings. The summed E-state index contributed by atoms with van der Waals surface area (Å²) in [5.41, 5.74) is 3.80. The van der Waals surface area contributed by atoms with E-state index in [4.69, 9.17) is 4.74 Å². The van der Waals surface area contributed by atoms with Gasteiger partial charge in [0.2, 0.25) is 0 Å². The van der Waals surface area contributed by atoms with E-state index in [2.05, 4.69) is 47.0 Å². The Kier molecular flexibility index (Phi) is 11.8. The molecular weight excluding hydrogens is 509 g/mol. The van der Waals surface area contributed by atoms with E-state index in [-0.39, 0.29) is 21.9 Å². The molecule has 0 fully saturated rings. The van der Waals surface area contributed by atoms with Crippen molar-refractivity contribution in [2.45, 2.75) is 79.1 Å². The fourth-order valence-electron chi connectivity index (χ4n) is 3.93. The molecule has 0 N–H and O–H groups in total. The fraction of sp³-hybridized carbons (Fsp3) is 0.433. The zero-order chi connectivity index (χ0) is 27.1. The Labute approximate surface area is 232 Å². The first-order chi connectivity index (χ1) is 16.8. The van der Waals surface area contributed by atoms with Crippen molar-refractivity contribution in [2.24, 2.45) is 4.99 Å². The van der Waals surface area contributed by atoms with Crippen LogP contribution in [0, 0.1) is 0 Å². The Hall–Kier alpha value is -2.92. The third kappa shape index (κ3) is 8.29. The minimum Gasteiger partial charge on any atom is -0.873 e. The Morgan fingerprint density at radius 3 is 1.84 bits per heavy atom. The normalized spacial score (nSPS) is 11.5. The van der Waals surface area contributed by atoms with Crippen LogP contribution in [-0.2, 0) is 40.2 Å². The van der Waals surface area contributed by atoms with Crippen LogP contribution in [0.3, 0.4) is 0 Å². The Bertz CT molecular complexity index is 1160. The summed E-state index contributed by atoms with van der Waals surface area (Å²) in [6.45, 7) is 15.8. The van der Waals surface area contributed by atoms with Crippen LogP contribution in [0.15, 0.2) is 47.7 Å². The van der Waals surface area contributed by atoms with Crippen LogP contribution in [0.25, 0.3) is 0 Å². The van der Waals surface area contributed by atoms with Crippen molar-refractivity contribution in [3.05, 3.63) is 70.8 Å². The molecule has 1 heterocycles. The van der Waals surface area contributed by atoms with Crippen molar-refractivity contribution in [1.82, 2.24) is 9.97 Å². The molecule has 7 heteroatoms. The van der Waals surface area contributed by atoms with Crippen molar-refractivity contribution in [1.29, 1.82) is 0 Å². The summed E-state index contributed by atoms with van der Waals surface area (Å²) >= 11 is 0. The number of benzene rings is 2. The molecular formula is C30H39N3NiO3. The first-order valence-electron chi connectivity index (χ1n) is 12.4. The smallest absolute Gasteiger partial charge is 0.873 e. The average molecular weight is 548 g/mol. The van der Waals surface area contributed by atoms with Crippen molar-refractivity contribution in [2.75, 3.05) is 7.11 Å². The van der Waals surface area contributed by atoms with Crippen molar-refractivity contribution < 1.29 is 31.4 Å². The van der Waals surface area contributed by atoms with Gasteiger partial charge >= 0.3 is 16.5 Å². The molecule has 6 nitrogen and oxygen atoms in total. The molecule has 0 saturated heterocycles. The summed E-state index contributed by atoms with van der Waals surface area (Å²) < 4.78 is 5.30. The number of aromatic nitrogens is 2. The van der Waals surface area contributed by atoms with Gasteiger partial charge in [-0.3, -0.25) is 4.99 Å².